The van der Waals surface area contributed by atoms with E-state index >= 15 is 4.39 Å². The summed E-state index contributed by atoms with van der Waals surface area (Å²) in [5.74, 6) is -2.13. The highest BCUT2D eigenvalue weighted by Gasteiger charge is 2.56. The maximum atomic E-state index is 15.5. The molecule has 7 rings (SSSR count). The normalized spacial score (nSPS) is 26.2. The van der Waals surface area contributed by atoms with Crippen molar-refractivity contribution in [2.45, 2.75) is 35.7 Å². The Morgan fingerprint density at radius 1 is 1.20 bits per heavy atom. The number of sulfone groups is 1. The number of carbonyl (C=O) groups excluding carboxylic acids is 1. The molecule has 0 unspecified atom stereocenters. The average molecular weight is 610 g/mol. The van der Waals surface area contributed by atoms with E-state index in [0.29, 0.717) is 30.0 Å². The first-order chi connectivity index (χ1) is 18.8. The fraction of sp³-hybridized carbons (Fsp3) is 0.400. The molecule has 11 nitrogen and oxygen atoms in total. The van der Waals surface area contributed by atoms with Crippen molar-refractivity contribution in [3.63, 3.8) is 0 Å². The minimum atomic E-state index is -4.13. The zero-order valence-corrected chi connectivity index (χ0v) is 23.6. The maximum Gasteiger partial charge on any atom is 0.250 e. The first kappa shape index (κ1) is 27.3. The van der Waals surface area contributed by atoms with Crippen LogP contribution in [0.2, 0.25) is 5.02 Å². The van der Waals surface area contributed by atoms with E-state index in [4.69, 9.17) is 21.8 Å². The van der Waals surface area contributed by atoms with Crippen molar-refractivity contribution in [3.05, 3.63) is 58.7 Å². The van der Waals surface area contributed by atoms with Crippen LogP contribution in [0.15, 0.2) is 45.7 Å². The van der Waals surface area contributed by atoms with Gasteiger partial charge in [0.1, 0.15) is 5.82 Å². The first-order valence-electron chi connectivity index (χ1n) is 12.4. The summed E-state index contributed by atoms with van der Waals surface area (Å²) in [5, 5.41) is 8.64. The van der Waals surface area contributed by atoms with Gasteiger partial charge in [-0.25, -0.2) is 25.5 Å². The number of nitrogens with two attached hydrogens (primary N) is 1. The van der Waals surface area contributed by atoms with Crippen LogP contribution in [0.3, 0.4) is 0 Å². The molecule has 40 heavy (non-hydrogen) atoms. The number of halogens is 2. The van der Waals surface area contributed by atoms with Crippen molar-refractivity contribution in [3.8, 4) is 11.5 Å². The lowest BCUT2D eigenvalue weighted by Gasteiger charge is -2.53. The molecule has 3 aliphatic heterocycles. The number of aromatic nitrogens is 2. The van der Waals surface area contributed by atoms with Crippen molar-refractivity contribution in [2.75, 3.05) is 30.0 Å². The van der Waals surface area contributed by atoms with Crippen LogP contribution in [0.4, 0.5) is 10.1 Å². The van der Waals surface area contributed by atoms with E-state index in [1.54, 1.807) is 24.3 Å². The van der Waals surface area contributed by atoms with Crippen LogP contribution in [0.1, 0.15) is 24.3 Å². The Morgan fingerprint density at radius 2 is 1.90 bits per heavy atom. The molecule has 3 fully saturated rings. The number of piperidine rings is 2. The smallest absolute Gasteiger partial charge is 0.250 e. The number of anilines is 1. The summed E-state index contributed by atoms with van der Waals surface area (Å²) in [4.78, 5) is 14.1. The van der Waals surface area contributed by atoms with Crippen molar-refractivity contribution in [2.24, 2.45) is 11.7 Å². The summed E-state index contributed by atoms with van der Waals surface area (Å²) in [6.07, 6.45) is 2.46. The summed E-state index contributed by atoms with van der Waals surface area (Å²) in [6, 6.07) is 7.32. The number of carbonyl (C=O) groups is 1. The number of hydrogen-bond donors (Lipinski definition) is 1. The third-order valence-corrected chi connectivity index (χ3v) is 11.1. The zero-order valence-electron chi connectivity index (χ0n) is 21.2. The highest BCUT2D eigenvalue weighted by Crippen LogP contribution is 2.52. The van der Waals surface area contributed by atoms with Gasteiger partial charge in [0.05, 0.1) is 46.2 Å². The topological polar surface area (TPSA) is 157 Å². The lowest BCUT2D eigenvalue weighted by atomic mass is 9.59. The minimum absolute atomic E-state index is 0.0434. The molecule has 1 aliphatic carbocycles. The van der Waals surface area contributed by atoms with Gasteiger partial charge in [-0.05, 0) is 48.6 Å². The second-order valence-corrected chi connectivity index (χ2v) is 15.2. The third kappa shape index (κ3) is 4.61. The summed E-state index contributed by atoms with van der Waals surface area (Å²) in [5.41, 5.74) is 5.68. The number of benzene rings is 2. The molecule has 4 heterocycles. The molecule has 4 aliphatic rings. The van der Waals surface area contributed by atoms with Crippen molar-refractivity contribution in [1.82, 2.24) is 14.5 Å². The van der Waals surface area contributed by atoms with Crippen LogP contribution >= 0.6 is 11.6 Å². The van der Waals surface area contributed by atoms with Gasteiger partial charge in [-0.2, -0.15) is 0 Å². The predicted octanol–water partition coefficient (Wildman–Crippen LogP) is 2.10. The van der Waals surface area contributed by atoms with Crippen LogP contribution in [-0.2, 0) is 36.6 Å². The molecule has 1 saturated carbocycles. The summed E-state index contributed by atoms with van der Waals surface area (Å²) in [7, 11) is -7.55. The average Bonchev–Trinajstić information content (AvgIpc) is 3.35. The van der Waals surface area contributed by atoms with Gasteiger partial charge in [-0.15, -0.1) is 10.2 Å². The van der Waals surface area contributed by atoms with Crippen molar-refractivity contribution < 1.29 is 30.4 Å². The third-order valence-electron chi connectivity index (χ3n) is 7.79. The predicted molar refractivity (Wildman–Crippen MR) is 143 cm³/mol. The Kier molecular flexibility index (Phi) is 6.35. The lowest BCUT2D eigenvalue weighted by Crippen LogP contribution is -2.60. The zero-order chi connectivity index (χ0) is 28.6. The summed E-state index contributed by atoms with van der Waals surface area (Å²) < 4.78 is 73.3. The van der Waals surface area contributed by atoms with Gasteiger partial charge in [0.25, 0.3) is 5.89 Å². The van der Waals surface area contributed by atoms with Crippen LogP contribution < -0.4 is 10.6 Å². The number of fused-ring (bicyclic) bond motifs is 3. The van der Waals surface area contributed by atoms with Gasteiger partial charge in [-0.1, -0.05) is 23.7 Å². The van der Waals surface area contributed by atoms with E-state index < -0.39 is 48.8 Å². The lowest BCUT2D eigenvalue weighted by molar-refractivity contribution is -0.119. The van der Waals surface area contributed by atoms with Crippen LogP contribution in [0.5, 0.6) is 0 Å². The highest BCUT2D eigenvalue weighted by molar-refractivity contribution is 7.91. The number of amides is 1. The molecular formula is C25H25ClFN5O6S2. The van der Waals surface area contributed by atoms with Gasteiger partial charge in [0, 0.05) is 18.1 Å². The standard InChI is InChI=1S/C25H25ClFN5O6S2/c1-39(34,35)31-10-15-8-25(9-15,13-31)24-30-29-22(38-24)17-6-20-21(7-18(17)27)40(36,37)12-19(28)23(33)32(20)11-14-2-4-16(26)5-3-14/h2-7,15,19H,8-13,28H2,1H3/t15?,19-,25?/m0/s1. The molecule has 2 N–H and O–H groups in total. The van der Waals surface area contributed by atoms with Crippen molar-refractivity contribution >= 4 is 43.1 Å². The summed E-state index contributed by atoms with van der Waals surface area (Å²) >= 11 is 5.98. The Balaban J connectivity index is 1.42. The molecular weight excluding hydrogens is 585 g/mol. The molecule has 1 amide bonds. The van der Waals surface area contributed by atoms with E-state index in [1.165, 1.54) is 15.3 Å². The monoisotopic (exact) mass is 609 g/mol. The van der Waals surface area contributed by atoms with E-state index in [9.17, 15) is 21.6 Å². The molecule has 15 heteroatoms. The fourth-order valence-electron chi connectivity index (χ4n) is 5.85. The summed E-state index contributed by atoms with van der Waals surface area (Å²) in [6.45, 7) is 0.559. The second-order valence-electron chi connectivity index (χ2n) is 10.8. The largest absolute Gasteiger partial charge is 0.420 e. The SMILES string of the molecule is CS(=O)(=O)N1CC2CC(c3nnc(-c4cc5c(cc4F)S(=O)(=O)C[C@H](N)C(=O)N5Cc4ccc(Cl)cc4)o3)(C2)C1. The molecule has 2 saturated heterocycles. The van der Waals surface area contributed by atoms with Gasteiger partial charge in [-0.3, -0.25) is 4.79 Å². The fourth-order valence-corrected chi connectivity index (χ4v) is 8.51. The number of nitrogens with zero attached hydrogens (tertiary/aromatic N) is 4. The highest BCUT2D eigenvalue weighted by atomic mass is 35.5. The van der Waals surface area contributed by atoms with E-state index in [2.05, 4.69) is 10.2 Å². The van der Waals surface area contributed by atoms with E-state index in [0.717, 1.165) is 12.3 Å². The van der Waals surface area contributed by atoms with Gasteiger partial charge >= 0.3 is 0 Å². The van der Waals surface area contributed by atoms with Gasteiger partial charge in [0.2, 0.25) is 21.8 Å². The number of sulfonamides is 1. The number of rotatable bonds is 5. The van der Waals surface area contributed by atoms with E-state index in [-0.39, 0.29) is 46.9 Å². The second kappa shape index (κ2) is 9.31. The Labute approximate surface area is 235 Å². The van der Waals surface area contributed by atoms with Crippen LogP contribution in [0.25, 0.3) is 11.5 Å². The van der Waals surface area contributed by atoms with Gasteiger partial charge in [0.15, 0.2) is 9.84 Å². The Hall–Kier alpha value is -2.91. The minimum Gasteiger partial charge on any atom is -0.420 e. The van der Waals surface area contributed by atoms with E-state index in [1.807, 2.05) is 0 Å². The molecule has 1 aromatic heterocycles. The van der Waals surface area contributed by atoms with Crippen molar-refractivity contribution in [1.29, 1.82) is 0 Å². The number of hydrogen-bond acceptors (Lipinski definition) is 9. The molecule has 2 aromatic carbocycles. The molecule has 3 aromatic rings. The molecule has 1 atom stereocenters. The molecule has 212 valence electrons. The quantitative estimate of drug-likeness (QED) is 0.457. The van der Waals surface area contributed by atoms with Gasteiger partial charge < -0.3 is 15.1 Å². The Bertz CT molecular complexity index is 1740. The van der Waals surface area contributed by atoms with Crippen LogP contribution in [0, 0.1) is 11.7 Å². The first-order valence-corrected chi connectivity index (χ1v) is 16.3. The molecule has 2 bridgehead atoms. The Morgan fingerprint density at radius 3 is 2.58 bits per heavy atom. The maximum absolute atomic E-state index is 15.5. The van der Waals surface area contributed by atoms with Crippen LogP contribution in [-0.4, -0.2) is 68.4 Å². The molecule has 0 spiro atoms. The molecule has 0 radical (unpaired) electrons.